The Morgan fingerprint density at radius 2 is 1.84 bits per heavy atom. The van der Waals surface area contributed by atoms with Gasteiger partial charge in [-0.25, -0.2) is 9.97 Å². The van der Waals surface area contributed by atoms with E-state index >= 15 is 0 Å². The van der Waals surface area contributed by atoms with Crippen LogP contribution in [-0.2, 0) is 5.75 Å². The number of rotatable bonds is 4. The monoisotopic (exact) mass is 368 g/mol. The van der Waals surface area contributed by atoms with E-state index in [1.54, 1.807) is 4.68 Å². The summed E-state index contributed by atoms with van der Waals surface area (Å²) in [7, 11) is 0. The summed E-state index contributed by atoms with van der Waals surface area (Å²) in [6, 6.07) is 15.3. The number of hydrogen-bond donors (Lipinski definition) is 0. The molecular formula is C17H13ClN6S. The van der Waals surface area contributed by atoms with Crippen LogP contribution < -0.4 is 0 Å². The molecule has 0 aliphatic carbocycles. The summed E-state index contributed by atoms with van der Waals surface area (Å²) in [6.07, 6.45) is 0. The van der Waals surface area contributed by atoms with Gasteiger partial charge in [-0.3, -0.25) is 0 Å². The van der Waals surface area contributed by atoms with Gasteiger partial charge in [-0.1, -0.05) is 41.6 Å². The topological polar surface area (TPSA) is 69.4 Å². The Kier molecular flexibility index (Phi) is 4.33. The van der Waals surface area contributed by atoms with Crippen molar-refractivity contribution in [2.75, 3.05) is 0 Å². The summed E-state index contributed by atoms with van der Waals surface area (Å²) in [5, 5.41) is 13.2. The molecule has 0 aliphatic heterocycles. The van der Waals surface area contributed by atoms with E-state index in [0.717, 1.165) is 28.1 Å². The Bertz CT molecular complexity index is 1050. The van der Waals surface area contributed by atoms with E-state index in [1.807, 2.05) is 55.5 Å². The van der Waals surface area contributed by atoms with E-state index in [9.17, 15) is 0 Å². The molecule has 0 bridgehead atoms. The predicted molar refractivity (Wildman–Crippen MR) is 98.0 cm³/mol. The first kappa shape index (κ1) is 16.0. The summed E-state index contributed by atoms with van der Waals surface area (Å²) in [5.74, 6) is 0.630. The first-order valence-electron chi connectivity index (χ1n) is 7.60. The lowest BCUT2D eigenvalue weighted by atomic mass is 10.2. The maximum atomic E-state index is 6.06. The number of tetrazole rings is 1. The largest absolute Gasteiger partial charge is 0.250 e. The van der Waals surface area contributed by atoms with Crippen LogP contribution >= 0.6 is 23.4 Å². The summed E-state index contributed by atoms with van der Waals surface area (Å²) in [4.78, 5) is 9.32. The van der Waals surface area contributed by atoms with E-state index < -0.39 is 0 Å². The molecule has 2 aromatic heterocycles. The second-order valence-electron chi connectivity index (χ2n) is 5.39. The molecule has 0 aliphatic rings. The molecule has 0 atom stereocenters. The molecule has 0 radical (unpaired) electrons. The highest BCUT2D eigenvalue weighted by Crippen LogP contribution is 2.24. The molecule has 25 heavy (non-hydrogen) atoms. The molecule has 124 valence electrons. The summed E-state index contributed by atoms with van der Waals surface area (Å²) in [5.41, 5.74) is 4.44. The number of fused-ring (bicyclic) bond motifs is 1. The van der Waals surface area contributed by atoms with Gasteiger partial charge in [-0.15, -0.1) is 5.10 Å². The third-order valence-electron chi connectivity index (χ3n) is 3.67. The molecule has 8 heteroatoms. The number of benzene rings is 2. The van der Waals surface area contributed by atoms with Crippen molar-refractivity contribution in [2.45, 2.75) is 17.8 Å². The van der Waals surface area contributed by atoms with Gasteiger partial charge in [-0.2, -0.15) is 4.68 Å². The molecule has 4 rings (SSSR count). The molecule has 0 spiro atoms. The van der Waals surface area contributed by atoms with Crippen LogP contribution in [0, 0.1) is 6.92 Å². The van der Waals surface area contributed by atoms with Crippen molar-refractivity contribution in [2.24, 2.45) is 0 Å². The molecule has 0 saturated heterocycles. The fourth-order valence-electron chi connectivity index (χ4n) is 2.43. The van der Waals surface area contributed by atoms with Gasteiger partial charge < -0.3 is 0 Å². The smallest absolute Gasteiger partial charge is 0.214 e. The molecule has 0 N–H and O–H groups in total. The lowest BCUT2D eigenvalue weighted by Gasteiger charge is -2.07. The molecule has 2 heterocycles. The molecule has 6 nitrogen and oxygen atoms in total. The number of aromatic nitrogens is 6. The summed E-state index contributed by atoms with van der Waals surface area (Å²) >= 11 is 7.57. The quantitative estimate of drug-likeness (QED) is 0.509. The second kappa shape index (κ2) is 6.78. The van der Waals surface area contributed by atoms with E-state index in [0.29, 0.717) is 15.9 Å². The van der Waals surface area contributed by atoms with Crippen LogP contribution in [0.1, 0.15) is 11.4 Å². The minimum absolute atomic E-state index is 0.630. The third kappa shape index (κ3) is 3.33. The first-order valence-corrected chi connectivity index (χ1v) is 8.96. The fraction of sp³-hybridized carbons (Fsp3) is 0.118. The van der Waals surface area contributed by atoms with Gasteiger partial charge in [0.2, 0.25) is 5.16 Å². The van der Waals surface area contributed by atoms with Crippen molar-refractivity contribution in [1.29, 1.82) is 0 Å². The van der Waals surface area contributed by atoms with Gasteiger partial charge in [0.15, 0.2) is 0 Å². The molecule has 0 amide bonds. The number of hydrogen-bond acceptors (Lipinski definition) is 6. The highest BCUT2D eigenvalue weighted by atomic mass is 35.5. The van der Waals surface area contributed by atoms with Crippen LogP contribution in [0.4, 0.5) is 0 Å². The van der Waals surface area contributed by atoms with Crippen LogP contribution in [0.15, 0.2) is 53.7 Å². The van der Waals surface area contributed by atoms with Crippen LogP contribution in [0.5, 0.6) is 0 Å². The van der Waals surface area contributed by atoms with Gasteiger partial charge >= 0.3 is 0 Å². The zero-order chi connectivity index (χ0) is 17.2. The normalized spacial score (nSPS) is 11.1. The average Bonchev–Trinajstić information content (AvgIpc) is 3.08. The number of para-hydroxylation sites is 2. The number of halogens is 1. The van der Waals surface area contributed by atoms with E-state index in [4.69, 9.17) is 16.6 Å². The van der Waals surface area contributed by atoms with Gasteiger partial charge in [0.1, 0.15) is 0 Å². The predicted octanol–water partition coefficient (Wildman–Crippen LogP) is 3.86. The third-order valence-corrected chi connectivity index (χ3v) is 4.84. The standard InChI is InChI=1S/C17H13ClN6S/c1-11-16(20-15-8-3-2-7-14(15)19-11)10-25-17-21-22-23-24(17)13-6-4-5-12(18)9-13/h2-9H,10H2,1H3. The highest BCUT2D eigenvalue weighted by molar-refractivity contribution is 7.98. The Morgan fingerprint density at radius 3 is 2.64 bits per heavy atom. The van der Waals surface area contributed by atoms with Crippen molar-refractivity contribution < 1.29 is 0 Å². The molecule has 0 fully saturated rings. The Hall–Kier alpha value is -2.51. The Balaban J connectivity index is 1.60. The summed E-state index contributed by atoms with van der Waals surface area (Å²) < 4.78 is 1.67. The van der Waals surface area contributed by atoms with E-state index in [1.165, 1.54) is 11.8 Å². The van der Waals surface area contributed by atoms with Gasteiger partial charge in [0.05, 0.1) is 28.1 Å². The van der Waals surface area contributed by atoms with Crippen molar-refractivity contribution in [3.8, 4) is 5.69 Å². The lowest BCUT2D eigenvalue weighted by Crippen LogP contribution is -2.01. The van der Waals surface area contributed by atoms with Crippen molar-refractivity contribution in [3.05, 3.63) is 64.9 Å². The van der Waals surface area contributed by atoms with Gasteiger partial charge in [0.25, 0.3) is 0 Å². The van der Waals surface area contributed by atoms with Crippen LogP contribution in [0.25, 0.3) is 16.7 Å². The van der Waals surface area contributed by atoms with Crippen molar-refractivity contribution in [1.82, 2.24) is 30.2 Å². The van der Waals surface area contributed by atoms with Crippen molar-refractivity contribution in [3.63, 3.8) is 0 Å². The maximum absolute atomic E-state index is 6.06. The highest BCUT2D eigenvalue weighted by Gasteiger charge is 2.12. The van der Waals surface area contributed by atoms with E-state index in [2.05, 4.69) is 20.5 Å². The lowest BCUT2D eigenvalue weighted by molar-refractivity contribution is 0.756. The average molecular weight is 369 g/mol. The van der Waals surface area contributed by atoms with Crippen LogP contribution in [0.3, 0.4) is 0 Å². The van der Waals surface area contributed by atoms with E-state index in [-0.39, 0.29) is 0 Å². The number of aryl methyl sites for hydroxylation is 1. The first-order chi connectivity index (χ1) is 12.2. The Labute approximate surface area is 153 Å². The minimum Gasteiger partial charge on any atom is -0.250 e. The molecule has 2 aromatic carbocycles. The second-order valence-corrected chi connectivity index (χ2v) is 6.77. The van der Waals surface area contributed by atoms with Crippen molar-refractivity contribution >= 4 is 34.4 Å². The molecule has 0 unspecified atom stereocenters. The Morgan fingerprint density at radius 1 is 1.04 bits per heavy atom. The summed E-state index contributed by atoms with van der Waals surface area (Å²) in [6.45, 7) is 1.97. The van der Waals surface area contributed by atoms with Gasteiger partial charge in [0, 0.05) is 10.8 Å². The SMILES string of the molecule is Cc1nc2ccccc2nc1CSc1nnnn1-c1cccc(Cl)c1. The fourth-order valence-corrected chi connectivity index (χ4v) is 3.52. The molecule has 0 saturated carbocycles. The van der Waals surface area contributed by atoms with Crippen LogP contribution in [-0.4, -0.2) is 30.2 Å². The minimum atomic E-state index is 0.630. The van der Waals surface area contributed by atoms with Gasteiger partial charge in [-0.05, 0) is 47.7 Å². The van der Waals surface area contributed by atoms with Crippen LogP contribution in [0.2, 0.25) is 5.02 Å². The number of thioether (sulfide) groups is 1. The number of nitrogens with zero attached hydrogens (tertiary/aromatic N) is 6. The molecular weight excluding hydrogens is 356 g/mol. The zero-order valence-electron chi connectivity index (χ0n) is 13.3. The maximum Gasteiger partial charge on any atom is 0.214 e. The molecule has 4 aromatic rings. The zero-order valence-corrected chi connectivity index (χ0v) is 14.9.